The van der Waals surface area contributed by atoms with Crippen LogP contribution in [0, 0.1) is 5.92 Å². The summed E-state index contributed by atoms with van der Waals surface area (Å²) in [5, 5.41) is 0. The van der Waals surface area contributed by atoms with Crippen LogP contribution in [-0.2, 0) is 4.79 Å². The van der Waals surface area contributed by atoms with Gasteiger partial charge in [-0.25, -0.2) is 0 Å². The Morgan fingerprint density at radius 3 is 2.50 bits per heavy atom. The van der Waals surface area contributed by atoms with E-state index in [1.807, 2.05) is 6.92 Å². The first kappa shape index (κ1) is 9.82. The van der Waals surface area contributed by atoms with Gasteiger partial charge in [0, 0.05) is 5.92 Å². The van der Waals surface area contributed by atoms with E-state index in [1.165, 1.54) is 0 Å². The van der Waals surface area contributed by atoms with Gasteiger partial charge in [0.1, 0.15) is 0 Å². The van der Waals surface area contributed by atoms with Crippen LogP contribution in [-0.4, -0.2) is 5.91 Å². The normalized spacial score (nSPS) is 12.7. The maximum Gasteiger partial charge on any atom is 0.232 e. The predicted octanol–water partition coefficient (Wildman–Crippen LogP) is 1.77. The van der Waals surface area contributed by atoms with Crippen molar-refractivity contribution in [1.82, 2.24) is 4.72 Å². The molecule has 2 nitrogen and oxygen atoms in total. The van der Waals surface area contributed by atoms with E-state index in [-0.39, 0.29) is 11.8 Å². The van der Waals surface area contributed by atoms with Crippen LogP contribution in [0.2, 0.25) is 0 Å². The quantitative estimate of drug-likeness (QED) is 0.605. The van der Waals surface area contributed by atoms with Gasteiger partial charge >= 0.3 is 0 Å². The minimum Gasteiger partial charge on any atom is -0.303 e. The fraction of sp³-hybridized carbons (Fsp3) is 0.857. The summed E-state index contributed by atoms with van der Waals surface area (Å²) < 4.78 is 2.36. The van der Waals surface area contributed by atoms with Crippen LogP contribution in [0.1, 0.15) is 33.1 Å². The van der Waals surface area contributed by atoms with Crippen molar-refractivity contribution in [3.05, 3.63) is 0 Å². The van der Waals surface area contributed by atoms with Crippen molar-refractivity contribution < 1.29 is 4.79 Å². The summed E-state index contributed by atoms with van der Waals surface area (Å²) >= 11 is 3.70. The van der Waals surface area contributed by atoms with Crippen LogP contribution < -0.4 is 4.72 Å². The Morgan fingerprint density at radius 2 is 2.20 bits per heavy atom. The molecule has 1 unspecified atom stereocenters. The maximum atomic E-state index is 10.9. The zero-order valence-corrected chi connectivity index (χ0v) is 7.45. The standard InChI is InChI=1S/C7H15NOS/c1-3-5-6(4-2)7(9)8-10/h6,10H,3-5H2,1-2H3,(H,8,9). The van der Waals surface area contributed by atoms with E-state index in [9.17, 15) is 4.79 Å². The number of carbonyl (C=O) groups is 1. The maximum absolute atomic E-state index is 10.9. The number of thiol groups is 1. The number of carbonyl (C=O) groups excluding carboxylic acids is 1. The lowest BCUT2D eigenvalue weighted by Gasteiger charge is -2.09. The third-order valence-corrected chi connectivity index (χ3v) is 1.83. The number of amides is 1. The molecule has 0 saturated heterocycles. The molecule has 0 bridgehead atoms. The molecule has 10 heavy (non-hydrogen) atoms. The van der Waals surface area contributed by atoms with Crippen molar-refractivity contribution in [1.29, 1.82) is 0 Å². The van der Waals surface area contributed by atoms with Gasteiger partial charge in [0.05, 0.1) is 0 Å². The summed E-state index contributed by atoms with van der Waals surface area (Å²) in [4.78, 5) is 10.9. The van der Waals surface area contributed by atoms with E-state index in [0.29, 0.717) is 0 Å². The molecule has 60 valence electrons. The van der Waals surface area contributed by atoms with Gasteiger partial charge < -0.3 is 4.72 Å². The molecule has 3 heteroatoms. The molecular weight excluding hydrogens is 146 g/mol. The Kier molecular flexibility index (Phi) is 5.49. The van der Waals surface area contributed by atoms with Gasteiger partial charge in [-0.15, -0.1) is 0 Å². The molecule has 1 N–H and O–H groups in total. The van der Waals surface area contributed by atoms with Crippen molar-refractivity contribution in [3.63, 3.8) is 0 Å². The number of rotatable bonds is 4. The van der Waals surface area contributed by atoms with Crippen LogP contribution in [0.15, 0.2) is 0 Å². The van der Waals surface area contributed by atoms with Crippen molar-refractivity contribution >= 4 is 18.7 Å². The molecule has 0 aromatic heterocycles. The molecule has 0 aromatic carbocycles. The van der Waals surface area contributed by atoms with Crippen LogP contribution in [0.4, 0.5) is 0 Å². The Labute approximate surface area is 67.9 Å². The van der Waals surface area contributed by atoms with Gasteiger partial charge in [0.2, 0.25) is 5.91 Å². The highest BCUT2D eigenvalue weighted by atomic mass is 32.1. The van der Waals surface area contributed by atoms with E-state index in [2.05, 4.69) is 24.5 Å². The smallest absolute Gasteiger partial charge is 0.232 e. The third kappa shape index (κ3) is 3.11. The molecule has 0 aromatic rings. The Hall–Kier alpha value is -0.180. The molecule has 0 aliphatic carbocycles. The largest absolute Gasteiger partial charge is 0.303 e. The Bertz CT molecular complexity index is 106. The molecule has 0 rings (SSSR count). The third-order valence-electron chi connectivity index (χ3n) is 1.61. The highest BCUT2D eigenvalue weighted by Gasteiger charge is 2.12. The van der Waals surface area contributed by atoms with E-state index in [4.69, 9.17) is 0 Å². The monoisotopic (exact) mass is 161 g/mol. The van der Waals surface area contributed by atoms with Gasteiger partial charge in [-0.2, -0.15) is 0 Å². The van der Waals surface area contributed by atoms with Crippen LogP contribution in [0.25, 0.3) is 0 Å². The van der Waals surface area contributed by atoms with Gasteiger partial charge in [0.15, 0.2) is 0 Å². The average Bonchev–Trinajstić information content (AvgIpc) is 1.99. The summed E-state index contributed by atoms with van der Waals surface area (Å²) in [7, 11) is 0. The molecular formula is C7H15NOS. The fourth-order valence-electron chi connectivity index (χ4n) is 0.960. The average molecular weight is 161 g/mol. The topological polar surface area (TPSA) is 29.1 Å². The first-order chi connectivity index (χ1) is 4.76. The van der Waals surface area contributed by atoms with E-state index in [0.717, 1.165) is 19.3 Å². The highest BCUT2D eigenvalue weighted by molar-refractivity contribution is 7.78. The Balaban J connectivity index is 3.68. The van der Waals surface area contributed by atoms with Crippen molar-refractivity contribution in [3.8, 4) is 0 Å². The van der Waals surface area contributed by atoms with Gasteiger partial charge in [-0.05, 0) is 12.8 Å². The first-order valence-corrected chi connectivity index (χ1v) is 4.14. The molecule has 0 spiro atoms. The highest BCUT2D eigenvalue weighted by Crippen LogP contribution is 2.10. The summed E-state index contributed by atoms with van der Waals surface area (Å²) in [5.41, 5.74) is 0. The summed E-state index contributed by atoms with van der Waals surface area (Å²) in [6.07, 6.45) is 2.92. The zero-order valence-electron chi connectivity index (χ0n) is 6.55. The summed E-state index contributed by atoms with van der Waals surface area (Å²) in [6, 6.07) is 0. The second kappa shape index (κ2) is 5.59. The fourth-order valence-corrected chi connectivity index (χ4v) is 1.14. The van der Waals surface area contributed by atoms with Gasteiger partial charge in [-0.1, -0.05) is 33.1 Å². The summed E-state index contributed by atoms with van der Waals surface area (Å²) in [5.74, 6) is 0.204. The second-order valence-electron chi connectivity index (χ2n) is 2.37. The van der Waals surface area contributed by atoms with Crippen molar-refractivity contribution in [2.75, 3.05) is 0 Å². The minimum atomic E-state index is 0.0488. The lowest BCUT2D eigenvalue weighted by molar-refractivity contribution is -0.123. The van der Waals surface area contributed by atoms with Crippen molar-refractivity contribution in [2.24, 2.45) is 5.92 Å². The van der Waals surface area contributed by atoms with E-state index in [1.54, 1.807) is 0 Å². The summed E-state index contributed by atoms with van der Waals surface area (Å²) in [6.45, 7) is 4.10. The van der Waals surface area contributed by atoms with Crippen LogP contribution in [0.3, 0.4) is 0 Å². The number of nitrogens with one attached hydrogen (secondary N) is 1. The van der Waals surface area contributed by atoms with Crippen molar-refractivity contribution in [2.45, 2.75) is 33.1 Å². The Morgan fingerprint density at radius 1 is 1.60 bits per heavy atom. The van der Waals surface area contributed by atoms with Gasteiger partial charge in [0.25, 0.3) is 0 Å². The lowest BCUT2D eigenvalue weighted by atomic mass is 10.0. The van der Waals surface area contributed by atoms with Gasteiger partial charge in [-0.3, -0.25) is 4.79 Å². The predicted molar refractivity (Wildman–Crippen MR) is 45.8 cm³/mol. The molecule has 0 heterocycles. The molecule has 0 radical (unpaired) electrons. The number of hydrogen-bond donors (Lipinski definition) is 2. The molecule has 0 aliphatic rings. The molecule has 1 atom stereocenters. The molecule has 1 amide bonds. The SMILES string of the molecule is CCCC(CC)C(=O)NS. The van der Waals surface area contributed by atoms with Crippen LogP contribution in [0.5, 0.6) is 0 Å². The first-order valence-electron chi connectivity index (χ1n) is 3.70. The molecule has 0 fully saturated rings. The number of hydrogen-bond acceptors (Lipinski definition) is 2. The minimum absolute atomic E-state index is 0.0488. The second-order valence-corrected chi connectivity index (χ2v) is 2.59. The molecule has 0 saturated carbocycles. The zero-order chi connectivity index (χ0) is 7.98. The van der Waals surface area contributed by atoms with E-state index >= 15 is 0 Å². The molecule has 0 aliphatic heterocycles. The lowest BCUT2D eigenvalue weighted by Crippen LogP contribution is -2.23. The van der Waals surface area contributed by atoms with E-state index < -0.39 is 0 Å². The van der Waals surface area contributed by atoms with Crippen LogP contribution >= 0.6 is 12.8 Å².